The number of methoxy groups -OCH3 is 1. The van der Waals surface area contributed by atoms with Crippen molar-refractivity contribution >= 4 is 29.2 Å². The van der Waals surface area contributed by atoms with Gasteiger partial charge in [0.25, 0.3) is 0 Å². The van der Waals surface area contributed by atoms with Crippen molar-refractivity contribution in [1.82, 2.24) is 0 Å². The third-order valence-corrected chi connectivity index (χ3v) is 3.28. The van der Waals surface area contributed by atoms with Crippen LogP contribution in [0.1, 0.15) is 24.2 Å². The van der Waals surface area contributed by atoms with Crippen LogP contribution in [0.3, 0.4) is 0 Å². The molecular formula is C19H20N2O5. The lowest BCUT2D eigenvalue weighted by atomic mass is 10.2. The maximum absolute atomic E-state index is 12.2. The molecule has 26 heavy (non-hydrogen) atoms. The summed E-state index contributed by atoms with van der Waals surface area (Å²) in [6.45, 7) is 3.71. The number of hydrogen-bond acceptors (Lipinski definition) is 5. The summed E-state index contributed by atoms with van der Waals surface area (Å²) in [5, 5.41) is 4.92. The van der Waals surface area contributed by atoms with Crippen LogP contribution in [0.4, 0.5) is 11.4 Å². The molecule has 2 N–H and O–H groups in total. The van der Waals surface area contributed by atoms with Crippen molar-refractivity contribution in [1.29, 1.82) is 0 Å². The van der Waals surface area contributed by atoms with Crippen LogP contribution in [0.25, 0.3) is 0 Å². The van der Waals surface area contributed by atoms with E-state index in [2.05, 4.69) is 15.4 Å². The first kappa shape index (κ1) is 19.0. The van der Waals surface area contributed by atoms with E-state index in [4.69, 9.17) is 4.74 Å². The maximum atomic E-state index is 12.2. The summed E-state index contributed by atoms with van der Waals surface area (Å²) in [6.07, 6.45) is -0.0891. The van der Waals surface area contributed by atoms with E-state index in [1.54, 1.807) is 36.4 Å². The number of carbonyl (C=O) groups is 3. The predicted molar refractivity (Wildman–Crippen MR) is 97.2 cm³/mol. The molecule has 0 atom stereocenters. The summed E-state index contributed by atoms with van der Waals surface area (Å²) in [5.74, 6) is -1.96. The van der Waals surface area contributed by atoms with Gasteiger partial charge in [0, 0.05) is 0 Å². The Kier molecular flexibility index (Phi) is 6.32. The molecule has 0 aliphatic carbocycles. The molecule has 0 bridgehead atoms. The van der Waals surface area contributed by atoms with Gasteiger partial charge in [0.05, 0.1) is 30.2 Å². The van der Waals surface area contributed by atoms with E-state index >= 15 is 0 Å². The fraction of sp³-hybridized carbons (Fsp3) is 0.211. The average Bonchev–Trinajstić information content (AvgIpc) is 2.62. The number of benzene rings is 2. The van der Waals surface area contributed by atoms with Gasteiger partial charge in [-0.25, -0.2) is 4.79 Å². The summed E-state index contributed by atoms with van der Waals surface area (Å²) in [6, 6.07) is 13.1. The highest BCUT2D eigenvalue weighted by atomic mass is 16.5. The lowest BCUT2D eigenvalue weighted by molar-refractivity contribution is -0.133. The second kappa shape index (κ2) is 8.66. The Bertz CT molecular complexity index is 817. The van der Waals surface area contributed by atoms with E-state index in [9.17, 15) is 14.4 Å². The Morgan fingerprint density at radius 2 is 1.38 bits per heavy atom. The molecular weight excluding hydrogens is 336 g/mol. The third-order valence-electron chi connectivity index (χ3n) is 3.28. The Balaban J connectivity index is 2.13. The number of rotatable bonds is 5. The zero-order valence-corrected chi connectivity index (χ0v) is 14.7. The topological polar surface area (TPSA) is 93.7 Å². The van der Waals surface area contributed by atoms with Gasteiger partial charge >= 0.3 is 17.8 Å². The molecule has 0 radical (unpaired) electrons. The molecule has 2 rings (SSSR count). The van der Waals surface area contributed by atoms with E-state index < -0.39 is 17.8 Å². The van der Waals surface area contributed by atoms with E-state index in [1.165, 1.54) is 19.2 Å². The molecule has 2 aromatic rings. The van der Waals surface area contributed by atoms with Crippen molar-refractivity contribution in [3.8, 4) is 5.75 Å². The number of amides is 2. The number of anilines is 2. The molecule has 0 aliphatic heterocycles. The van der Waals surface area contributed by atoms with Crippen LogP contribution >= 0.6 is 0 Å². The van der Waals surface area contributed by atoms with Crippen molar-refractivity contribution in [2.24, 2.45) is 0 Å². The van der Waals surface area contributed by atoms with Gasteiger partial charge in [-0.05, 0) is 38.1 Å². The van der Waals surface area contributed by atoms with Gasteiger partial charge in [-0.3, -0.25) is 9.59 Å². The minimum Gasteiger partial charge on any atom is -0.489 e. The van der Waals surface area contributed by atoms with Crippen molar-refractivity contribution in [3.05, 3.63) is 54.1 Å². The van der Waals surface area contributed by atoms with Crippen molar-refractivity contribution in [2.75, 3.05) is 17.7 Å². The number of carbonyl (C=O) groups excluding carboxylic acids is 3. The fourth-order valence-electron chi connectivity index (χ4n) is 2.16. The third kappa shape index (κ3) is 4.83. The first-order valence-electron chi connectivity index (χ1n) is 7.97. The van der Waals surface area contributed by atoms with Gasteiger partial charge in [0.1, 0.15) is 5.75 Å². The fourth-order valence-corrected chi connectivity index (χ4v) is 2.16. The largest absolute Gasteiger partial charge is 0.489 e. The normalized spacial score (nSPS) is 10.2. The number of nitrogens with one attached hydrogen (secondary N) is 2. The first-order chi connectivity index (χ1) is 12.4. The Hall–Kier alpha value is -3.35. The molecule has 0 unspecified atom stereocenters. The Morgan fingerprint density at radius 3 is 2.00 bits per heavy atom. The highest BCUT2D eigenvalue weighted by molar-refractivity contribution is 6.44. The van der Waals surface area contributed by atoms with Crippen LogP contribution in [-0.2, 0) is 14.3 Å². The molecule has 7 heteroatoms. The maximum Gasteiger partial charge on any atom is 0.339 e. The minimum absolute atomic E-state index is 0.0891. The molecule has 136 valence electrons. The molecule has 7 nitrogen and oxygen atoms in total. The SMILES string of the molecule is COC(=O)c1ccccc1NC(=O)C(=O)Nc1ccccc1OC(C)C. The number of para-hydroxylation sites is 3. The summed E-state index contributed by atoms with van der Waals surface area (Å²) in [4.78, 5) is 36.1. The minimum atomic E-state index is -0.916. The molecule has 0 saturated heterocycles. The quantitative estimate of drug-likeness (QED) is 0.635. The van der Waals surface area contributed by atoms with Crippen LogP contribution < -0.4 is 15.4 Å². The first-order valence-corrected chi connectivity index (χ1v) is 7.97. The summed E-state index contributed by atoms with van der Waals surface area (Å²) in [5.41, 5.74) is 0.716. The monoisotopic (exact) mass is 356 g/mol. The molecule has 2 amide bonds. The van der Waals surface area contributed by atoms with Gasteiger partial charge in [-0.1, -0.05) is 24.3 Å². The zero-order chi connectivity index (χ0) is 19.1. The lowest BCUT2D eigenvalue weighted by Crippen LogP contribution is -2.30. The highest BCUT2D eigenvalue weighted by Crippen LogP contribution is 2.25. The molecule has 0 fully saturated rings. The molecule has 2 aromatic carbocycles. The van der Waals surface area contributed by atoms with Crippen LogP contribution in [0.15, 0.2) is 48.5 Å². The predicted octanol–water partition coefficient (Wildman–Crippen LogP) is 2.84. The average molecular weight is 356 g/mol. The second-order valence-electron chi connectivity index (χ2n) is 5.61. The Morgan fingerprint density at radius 1 is 0.846 bits per heavy atom. The Labute approximate surface area is 151 Å². The number of ether oxygens (including phenoxy) is 2. The highest BCUT2D eigenvalue weighted by Gasteiger charge is 2.19. The lowest BCUT2D eigenvalue weighted by Gasteiger charge is -2.15. The summed E-state index contributed by atoms with van der Waals surface area (Å²) >= 11 is 0. The second-order valence-corrected chi connectivity index (χ2v) is 5.61. The molecule has 0 aliphatic rings. The van der Waals surface area contributed by atoms with Gasteiger partial charge in [-0.2, -0.15) is 0 Å². The van der Waals surface area contributed by atoms with Crippen molar-refractivity contribution in [3.63, 3.8) is 0 Å². The van der Waals surface area contributed by atoms with Gasteiger partial charge in [-0.15, -0.1) is 0 Å². The standard InChI is InChI=1S/C19H20N2O5/c1-12(2)26-16-11-7-6-10-15(16)21-18(23)17(22)20-14-9-5-4-8-13(14)19(24)25-3/h4-12H,1-3H3,(H,20,22)(H,21,23). The molecule has 0 aromatic heterocycles. The smallest absolute Gasteiger partial charge is 0.339 e. The van der Waals surface area contributed by atoms with Gasteiger partial charge < -0.3 is 20.1 Å². The van der Waals surface area contributed by atoms with Crippen molar-refractivity contribution in [2.45, 2.75) is 20.0 Å². The zero-order valence-electron chi connectivity index (χ0n) is 14.7. The van der Waals surface area contributed by atoms with Crippen molar-refractivity contribution < 1.29 is 23.9 Å². The van der Waals surface area contributed by atoms with E-state index in [1.807, 2.05) is 13.8 Å². The van der Waals surface area contributed by atoms with Crippen LogP contribution in [-0.4, -0.2) is 31.0 Å². The summed E-state index contributed by atoms with van der Waals surface area (Å²) < 4.78 is 10.3. The molecule has 0 saturated carbocycles. The number of hydrogen-bond donors (Lipinski definition) is 2. The van der Waals surface area contributed by atoms with E-state index in [0.29, 0.717) is 11.4 Å². The van der Waals surface area contributed by atoms with Crippen LogP contribution in [0.5, 0.6) is 5.75 Å². The van der Waals surface area contributed by atoms with E-state index in [-0.39, 0.29) is 17.4 Å². The summed E-state index contributed by atoms with van der Waals surface area (Å²) in [7, 11) is 1.24. The number of esters is 1. The molecule has 0 spiro atoms. The van der Waals surface area contributed by atoms with E-state index in [0.717, 1.165) is 0 Å². The van der Waals surface area contributed by atoms with Crippen LogP contribution in [0, 0.1) is 0 Å². The molecule has 0 heterocycles. The van der Waals surface area contributed by atoms with Gasteiger partial charge in [0.15, 0.2) is 0 Å². The van der Waals surface area contributed by atoms with Gasteiger partial charge in [0.2, 0.25) is 0 Å². The van der Waals surface area contributed by atoms with Crippen LogP contribution in [0.2, 0.25) is 0 Å².